The lowest BCUT2D eigenvalue weighted by Gasteiger charge is -2.32. The number of carbonyl (C=O) groups is 2. The van der Waals surface area contributed by atoms with Crippen molar-refractivity contribution in [3.8, 4) is 11.5 Å². The van der Waals surface area contributed by atoms with E-state index in [2.05, 4.69) is 33.0 Å². The Balaban J connectivity index is 1.95. The number of benzene rings is 2. The summed E-state index contributed by atoms with van der Waals surface area (Å²) in [4.78, 5) is 32.6. The van der Waals surface area contributed by atoms with Crippen LogP contribution in [0.25, 0.3) is 0 Å². The van der Waals surface area contributed by atoms with E-state index < -0.39 is 9.49 Å². The number of thioether (sulfide) groups is 2. The summed E-state index contributed by atoms with van der Waals surface area (Å²) in [6, 6.07) is 15.7. The van der Waals surface area contributed by atoms with Crippen LogP contribution in [0.3, 0.4) is 0 Å². The Bertz CT molecular complexity index is 1170. The summed E-state index contributed by atoms with van der Waals surface area (Å²) in [6.07, 6.45) is 0. The second kappa shape index (κ2) is 18.2. The van der Waals surface area contributed by atoms with Crippen LogP contribution in [-0.4, -0.2) is 84.9 Å². The van der Waals surface area contributed by atoms with Crippen molar-refractivity contribution in [3.63, 3.8) is 0 Å². The van der Waals surface area contributed by atoms with Crippen molar-refractivity contribution in [2.75, 3.05) is 53.5 Å². The summed E-state index contributed by atoms with van der Waals surface area (Å²) in [5.41, 5.74) is 2.24. The minimum Gasteiger partial charge on any atom is -0.497 e. The molecule has 0 heterocycles. The fraction of sp³-hybridized carbons (Fsp3) is 0.516. The van der Waals surface area contributed by atoms with Gasteiger partial charge >= 0.3 is 0 Å². The molecular formula is C31H44N4O4S3. The largest absolute Gasteiger partial charge is 0.497 e. The molecule has 0 aromatic heterocycles. The van der Waals surface area contributed by atoms with E-state index >= 15 is 0 Å². The number of thiocarbonyl (C=S) groups is 1. The van der Waals surface area contributed by atoms with Gasteiger partial charge in [-0.15, -0.1) is 23.5 Å². The summed E-state index contributed by atoms with van der Waals surface area (Å²) in [5.74, 6) is 2.98. The van der Waals surface area contributed by atoms with Crippen LogP contribution < -0.4 is 20.1 Å². The third kappa shape index (κ3) is 12.4. The number of hydrogen-bond acceptors (Lipinski definition) is 9. The maximum atomic E-state index is 13.7. The summed E-state index contributed by atoms with van der Waals surface area (Å²) >= 11 is 7.79. The molecule has 0 atom stereocenters. The molecular weight excluding hydrogens is 589 g/mol. The molecule has 230 valence electrons. The lowest BCUT2D eigenvalue weighted by Crippen LogP contribution is -2.50. The molecule has 2 rings (SSSR count). The van der Waals surface area contributed by atoms with Gasteiger partial charge in [-0.25, -0.2) is 4.99 Å². The Hall–Kier alpha value is -2.56. The van der Waals surface area contributed by atoms with E-state index in [1.54, 1.807) is 37.7 Å². The third-order valence-corrected chi connectivity index (χ3v) is 9.45. The Morgan fingerprint density at radius 3 is 1.83 bits per heavy atom. The maximum absolute atomic E-state index is 13.7. The first-order chi connectivity index (χ1) is 20.0. The van der Waals surface area contributed by atoms with Crippen LogP contribution in [0.5, 0.6) is 11.5 Å². The number of aliphatic imine (C=N–C) groups is 1. The molecule has 0 aliphatic rings. The van der Waals surface area contributed by atoms with Crippen LogP contribution in [0.2, 0.25) is 0 Å². The molecule has 0 radical (unpaired) electrons. The van der Waals surface area contributed by atoms with E-state index in [0.29, 0.717) is 50.8 Å². The van der Waals surface area contributed by atoms with Crippen LogP contribution in [0.4, 0.5) is 0 Å². The Kier molecular flexibility index (Phi) is 15.4. The molecule has 0 saturated carbocycles. The number of carbonyl (C=O) groups excluding carboxylic acids is 2. The van der Waals surface area contributed by atoms with E-state index in [1.807, 2.05) is 81.1 Å². The van der Waals surface area contributed by atoms with Crippen molar-refractivity contribution in [2.45, 2.75) is 48.7 Å². The van der Waals surface area contributed by atoms with E-state index in [1.165, 1.54) is 0 Å². The van der Waals surface area contributed by atoms with Crippen LogP contribution in [-0.2, 0) is 21.1 Å². The minimum atomic E-state index is -0.654. The number of methoxy groups -OCH3 is 2. The Morgan fingerprint density at radius 2 is 1.33 bits per heavy atom. The maximum Gasteiger partial charge on any atom is 0.238 e. The number of nitrogens with one attached hydrogen (secondary N) is 2. The molecule has 0 saturated heterocycles. The number of hydrogen-bond donors (Lipinski definition) is 2. The first-order valence-corrected chi connectivity index (χ1v) is 16.3. The molecule has 0 aliphatic carbocycles. The topological polar surface area (TPSA) is 92.3 Å². The van der Waals surface area contributed by atoms with Crippen molar-refractivity contribution in [1.29, 1.82) is 0 Å². The second-order valence-corrected chi connectivity index (χ2v) is 13.9. The van der Waals surface area contributed by atoms with E-state index in [9.17, 15) is 9.59 Å². The number of nitrogens with zero attached hydrogens (tertiary/aromatic N) is 2. The zero-order valence-corrected chi connectivity index (χ0v) is 28.0. The SMILES string of the molecule is COc1ccc(CSC(C)(C)C(=O)NCCN(CCNCCN=C=S)C(=O)C(C)(C)SCc2ccc(OC)cc2)cc1. The molecule has 2 N–H and O–H groups in total. The van der Waals surface area contributed by atoms with Gasteiger partial charge in [0.1, 0.15) is 11.5 Å². The zero-order chi connectivity index (χ0) is 31.0. The van der Waals surface area contributed by atoms with Crippen molar-refractivity contribution in [3.05, 3.63) is 59.7 Å². The van der Waals surface area contributed by atoms with E-state index in [-0.39, 0.29) is 11.8 Å². The molecule has 42 heavy (non-hydrogen) atoms. The molecule has 8 nitrogen and oxygen atoms in total. The molecule has 2 amide bonds. The lowest BCUT2D eigenvalue weighted by atomic mass is 10.1. The number of ether oxygens (including phenoxy) is 2. The van der Waals surface area contributed by atoms with Gasteiger partial charge in [0, 0.05) is 44.2 Å². The molecule has 0 unspecified atom stereocenters. The fourth-order valence-electron chi connectivity index (χ4n) is 3.83. The number of isothiocyanates is 1. The summed E-state index contributed by atoms with van der Waals surface area (Å²) in [6.45, 7) is 10.8. The first-order valence-electron chi connectivity index (χ1n) is 13.9. The summed E-state index contributed by atoms with van der Waals surface area (Å²) in [7, 11) is 3.29. The van der Waals surface area contributed by atoms with Gasteiger partial charge in [-0.2, -0.15) is 0 Å². The van der Waals surface area contributed by atoms with E-state index in [0.717, 1.165) is 22.6 Å². The molecule has 11 heteroatoms. The average molecular weight is 633 g/mol. The van der Waals surface area contributed by atoms with Gasteiger partial charge in [0.05, 0.1) is 35.4 Å². The van der Waals surface area contributed by atoms with Crippen LogP contribution >= 0.6 is 35.7 Å². The van der Waals surface area contributed by atoms with Crippen molar-refractivity contribution >= 4 is 52.7 Å². The van der Waals surface area contributed by atoms with Crippen LogP contribution in [0.1, 0.15) is 38.8 Å². The quantitative estimate of drug-likeness (QED) is 0.126. The number of rotatable bonds is 19. The van der Waals surface area contributed by atoms with Gasteiger partial charge in [-0.3, -0.25) is 9.59 Å². The average Bonchev–Trinajstić information content (AvgIpc) is 2.99. The fourth-order valence-corrected chi connectivity index (χ4v) is 5.82. The molecule has 0 aliphatic heterocycles. The molecule has 0 fully saturated rings. The van der Waals surface area contributed by atoms with Gasteiger partial charge < -0.3 is 25.0 Å². The highest BCUT2D eigenvalue weighted by Crippen LogP contribution is 2.31. The van der Waals surface area contributed by atoms with E-state index in [4.69, 9.17) is 9.47 Å². The van der Waals surface area contributed by atoms with Gasteiger partial charge in [-0.05, 0) is 75.3 Å². The molecule has 2 aromatic rings. The smallest absolute Gasteiger partial charge is 0.238 e. The van der Waals surface area contributed by atoms with Crippen molar-refractivity contribution in [1.82, 2.24) is 15.5 Å². The number of amides is 2. The molecule has 0 bridgehead atoms. The van der Waals surface area contributed by atoms with Crippen molar-refractivity contribution < 1.29 is 19.1 Å². The lowest BCUT2D eigenvalue weighted by molar-refractivity contribution is -0.133. The van der Waals surface area contributed by atoms with Gasteiger partial charge in [-0.1, -0.05) is 24.3 Å². The van der Waals surface area contributed by atoms with Gasteiger partial charge in [0.15, 0.2) is 0 Å². The minimum absolute atomic E-state index is 0.0297. The van der Waals surface area contributed by atoms with Crippen LogP contribution in [0.15, 0.2) is 53.5 Å². The predicted molar refractivity (Wildman–Crippen MR) is 179 cm³/mol. The first kappa shape index (κ1) is 35.6. The Morgan fingerprint density at radius 1 is 0.833 bits per heavy atom. The normalized spacial score (nSPS) is 11.4. The zero-order valence-electron chi connectivity index (χ0n) is 25.5. The van der Waals surface area contributed by atoms with Gasteiger partial charge in [0.25, 0.3) is 0 Å². The second-order valence-electron chi connectivity index (χ2n) is 10.6. The standard InChI is InChI=1S/C31H44N4O4S3/c1-30(2,41-21-24-7-11-26(38-5)12-8-24)28(36)34-18-20-35(19-17-32-15-16-33-23-40)29(37)31(3,4)42-22-25-9-13-27(39-6)14-10-25/h7-14,32H,15-22H2,1-6H3,(H,34,36). The molecule has 2 aromatic carbocycles. The Labute approximate surface area is 264 Å². The van der Waals surface area contributed by atoms with Crippen molar-refractivity contribution in [2.24, 2.45) is 4.99 Å². The predicted octanol–water partition coefficient (Wildman–Crippen LogP) is 5.06. The highest BCUT2D eigenvalue weighted by atomic mass is 32.2. The highest BCUT2D eigenvalue weighted by Gasteiger charge is 2.33. The molecule has 0 spiro atoms. The monoisotopic (exact) mass is 632 g/mol. The van der Waals surface area contributed by atoms with Crippen LogP contribution in [0, 0.1) is 0 Å². The van der Waals surface area contributed by atoms with Gasteiger partial charge in [0.2, 0.25) is 11.8 Å². The highest BCUT2D eigenvalue weighted by molar-refractivity contribution is 8.00. The summed E-state index contributed by atoms with van der Waals surface area (Å²) < 4.78 is 9.18. The third-order valence-electron chi connectivity index (χ3n) is 6.56. The summed E-state index contributed by atoms with van der Waals surface area (Å²) in [5, 5.41) is 8.71.